The molecule has 2 fully saturated rings. The Kier molecular flexibility index (Phi) is 5.08. The number of amides is 3. The summed E-state index contributed by atoms with van der Waals surface area (Å²) in [6.07, 6.45) is -1.44. The van der Waals surface area contributed by atoms with E-state index in [1.807, 2.05) is 0 Å². The van der Waals surface area contributed by atoms with E-state index in [0.29, 0.717) is 42.1 Å². The summed E-state index contributed by atoms with van der Waals surface area (Å²) in [6, 6.07) is 10.4. The number of phenolic OH excluding ortho intramolecular Hbond substituents is 1. The molecule has 3 aromatic rings. The number of alkyl halides is 3. The minimum Gasteiger partial charge on any atom is -0.508 e. The molecule has 0 saturated heterocycles. The van der Waals surface area contributed by atoms with Gasteiger partial charge in [-0.1, -0.05) is 6.07 Å². The number of anilines is 2. The molecule has 4 N–H and O–H groups in total. The fourth-order valence-electron chi connectivity index (χ4n) is 5.10. The second-order valence-electron chi connectivity index (χ2n) is 9.49. The summed E-state index contributed by atoms with van der Waals surface area (Å²) >= 11 is 0. The highest BCUT2D eigenvalue weighted by molar-refractivity contribution is 5.93. The van der Waals surface area contributed by atoms with Crippen molar-refractivity contribution in [3.63, 3.8) is 0 Å². The summed E-state index contributed by atoms with van der Waals surface area (Å²) in [5.41, 5.74) is 0.0340. The van der Waals surface area contributed by atoms with Crippen molar-refractivity contribution in [2.45, 2.75) is 36.9 Å². The standard InChI is InChI=1S/C26H21F3N4O4/c27-26(28,29)13-2-1-3-14(10-13)31-24(36)33-25-12-18(25)22(25)17-11-15(4-6-19(17)34)37-20-8-9-30-23-16(20)5-7-21(35)32-23/h1-4,6,8-11,18,22,34H,5,7,12H2,(H,30,32,35)(H2,31,33,36)/t18-,22+,25-/m0/s1. The zero-order valence-corrected chi connectivity index (χ0v) is 19.2. The molecule has 3 aliphatic rings. The topological polar surface area (TPSA) is 113 Å². The number of hydrogen-bond donors (Lipinski definition) is 4. The van der Waals surface area contributed by atoms with Gasteiger partial charge >= 0.3 is 12.2 Å². The van der Waals surface area contributed by atoms with Gasteiger partial charge in [-0.2, -0.15) is 13.2 Å². The average Bonchev–Trinajstić information content (AvgIpc) is 3.70. The van der Waals surface area contributed by atoms with E-state index in [1.54, 1.807) is 24.4 Å². The molecular formula is C26H21F3N4O4. The molecule has 2 saturated carbocycles. The van der Waals surface area contributed by atoms with E-state index in [-0.39, 0.29) is 29.2 Å². The molecule has 8 nitrogen and oxygen atoms in total. The van der Waals surface area contributed by atoms with Crippen molar-refractivity contribution in [1.82, 2.24) is 10.3 Å². The van der Waals surface area contributed by atoms with Gasteiger partial charge in [0.05, 0.1) is 11.1 Å². The number of fused-ring (bicyclic) bond motifs is 2. The van der Waals surface area contributed by atoms with Gasteiger partial charge in [0.1, 0.15) is 23.1 Å². The fourth-order valence-corrected chi connectivity index (χ4v) is 5.10. The summed E-state index contributed by atoms with van der Waals surface area (Å²) in [4.78, 5) is 28.4. The van der Waals surface area contributed by atoms with Crippen molar-refractivity contribution in [3.05, 3.63) is 71.4 Å². The highest BCUT2D eigenvalue weighted by Crippen LogP contribution is 2.77. The van der Waals surface area contributed by atoms with Crippen LogP contribution in [0, 0.1) is 5.92 Å². The van der Waals surface area contributed by atoms with Gasteiger partial charge < -0.3 is 25.8 Å². The maximum absolute atomic E-state index is 13.0. The van der Waals surface area contributed by atoms with Crippen LogP contribution in [0.3, 0.4) is 0 Å². The molecule has 2 aromatic carbocycles. The summed E-state index contributed by atoms with van der Waals surface area (Å²) in [6.45, 7) is 0. The molecule has 37 heavy (non-hydrogen) atoms. The Morgan fingerprint density at radius 3 is 2.78 bits per heavy atom. The number of aromatic nitrogens is 1. The minimum absolute atomic E-state index is 0.0354. The molecular weight excluding hydrogens is 489 g/mol. The number of rotatable bonds is 5. The zero-order chi connectivity index (χ0) is 25.9. The molecule has 1 aliphatic heterocycles. The minimum atomic E-state index is -4.51. The van der Waals surface area contributed by atoms with Gasteiger partial charge in [-0.25, -0.2) is 9.78 Å². The first kappa shape index (κ1) is 23.1. The molecule has 190 valence electrons. The summed E-state index contributed by atoms with van der Waals surface area (Å²) in [5, 5.41) is 18.6. The first-order chi connectivity index (χ1) is 17.6. The van der Waals surface area contributed by atoms with Gasteiger partial charge in [0.2, 0.25) is 5.91 Å². The van der Waals surface area contributed by atoms with Crippen LogP contribution < -0.4 is 20.7 Å². The van der Waals surface area contributed by atoms with E-state index in [0.717, 1.165) is 17.7 Å². The Hall–Kier alpha value is -4.28. The van der Waals surface area contributed by atoms with Gasteiger partial charge in [-0.15, -0.1) is 0 Å². The van der Waals surface area contributed by atoms with Crippen molar-refractivity contribution in [1.29, 1.82) is 0 Å². The highest BCUT2D eigenvalue weighted by atomic mass is 19.4. The molecule has 2 aliphatic carbocycles. The molecule has 0 unspecified atom stereocenters. The van der Waals surface area contributed by atoms with Gasteiger partial charge in [0.25, 0.3) is 0 Å². The van der Waals surface area contributed by atoms with Crippen molar-refractivity contribution < 1.29 is 32.6 Å². The zero-order valence-electron chi connectivity index (χ0n) is 19.2. The van der Waals surface area contributed by atoms with Gasteiger partial charge in [0, 0.05) is 35.3 Å². The number of carbonyl (C=O) groups excluding carboxylic acids is 2. The van der Waals surface area contributed by atoms with Gasteiger partial charge in [-0.3, -0.25) is 4.79 Å². The van der Waals surface area contributed by atoms with Crippen molar-refractivity contribution >= 4 is 23.4 Å². The monoisotopic (exact) mass is 510 g/mol. The molecule has 3 atom stereocenters. The lowest BCUT2D eigenvalue weighted by Gasteiger charge is -2.20. The lowest BCUT2D eigenvalue weighted by Crippen LogP contribution is -2.36. The third kappa shape index (κ3) is 4.20. The molecule has 6 rings (SSSR count). The predicted octanol–water partition coefficient (Wildman–Crippen LogP) is 5.16. The van der Waals surface area contributed by atoms with E-state index in [4.69, 9.17) is 4.74 Å². The number of pyridine rings is 1. The molecule has 2 heterocycles. The van der Waals surface area contributed by atoms with E-state index >= 15 is 0 Å². The van der Waals surface area contributed by atoms with Gasteiger partial charge in [-0.05, 0) is 61.2 Å². The SMILES string of the molecule is O=C1CCc2c(Oc3ccc(O)c([C@@H]4[C@@H]5C[C@@]45NC(=O)Nc4cccc(C(F)(F)F)c4)c3)ccnc2N1. The molecule has 0 bridgehead atoms. The fraction of sp³-hybridized carbons (Fsp3) is 0.269. The number of hydrogen-bond acceptors (Lipinski definition) is 5. The maximum atomic E-state index is 13.0. The lowest BCUT2D eigenvalue weighted by atomic mass is 9.99. The van der Waals surface area contributed by atoms with Crippen molar-refractivity contribution in [3.8, 4) is 17.2 Å². The molecule has 0 radical (unpaired) electrons. The number of nitrogens with zero attached hydrogens (tertiary/aromatic N) is 1. The third-order valence-corrected chi connectivity index (χ3v) is 7.14. The highest BCUT2D eigenvalue weighted by Gasteiger charge is 2.80. The number of halogens is 3. The quantitative estimate of drug-likeness (QED) is 0.379. The van der Waals surface area contributed by atoms with Gasteiger partial charge in [0.15, 0.2) is 0 Å². The van der Waals surface area contributed by atoms with Crippen LogP contribution in [0.4, 0.5) is 29.5 Å². The predicted molar refractivity (Wildman–Crippen MR) is 127 cm³/mol. The Labute approximate surface area is 208 Å². The van der Waals surface area contributed by atoms with Crippen LogP contribution in [0.1, 0.15) is 35.4 Å². The van der Waals surface area contributed by atoms with E-state index < -0.39 is 23.3 Å². The molecule has 3 amide bonds. The number of carbonyl (C=O) groups is 2. The first-order valence-corrected chi connectivity index (χ1v) is 11.7. The van der Waals surface area contributed by atoms with Crippen LogP contribution >= 0.6 is 0 Å². The summed E-state index contributed by atoms with van der Waals surface area (Å²) in [5.74, 6) is 1.42. The smallest absolute Gasteiger partial charge is 0.416 e. The lowest BCUT2D eigenvalue weighted by molar-refractivity contribution is -0.137. The number of phenols is 1. The average molecular weight is 510 g/mol. The second kappa shape index (κ2) is 8.12. The Balaban J connectivity index is 1.15. The van der Waals surface area contributed by atoms with Crippen LogP contribution in [0.15, 0.2) is 54.7 Å². The van der Waals surface area contributed by atoms with Crippen molar-refractivity contribution in [2.75, 3.05) is 10.6 Å². The van der Waals surface area contributed by atoms with E-state index in [2.05, 4.69) is 20.9 Å². The van der Waals surface area contributed by atoms with E-state index in [1.165, 1.54) is 18.2 Å². The van der Waals surface area contributed by atoms with Crippen LogP contribution in [0.2, 0.25) is 0 Å². The van der Waals surface area contributed by atoms with Crippen molar-refractivity contribution in [2.24, 2.45) is 5.92 Å². The number of aromatic hydroxyl groups is 1. The Morgan fingerprint density at radius 1 is 1.16 bits per heavy atom. The largest absolute Gasteiger partial charge is 0.508 e. The maximum Gasteiger partial charge on any atom is 0.416 e. The molecule has 1 aromatic heterocycles. The normalized spacial score (nSPS) is 23.3. The van der Waals surface area contributed by atoms with Crippen LogP contribution in [-0.4, -0.2) is 27.6 Å². The number of urea groups is 1. The van der Waals surface area contributed by atoms with Crippen LogP contribution in [-0.2, 0) is 17.4 Å². The number of nitrogens with one attached hydrogen (secondary N) is 3. The molecule has 0 spiro atoms. The third-order valence-electron chi connectivity index (χ3n) is 7.14. The summed E-state index contributed by atoms with van der Waals surface area (Å²) in [7, 11) is 0. The number of benzene rings is 2. The van der Waals surface area contributed by atoms with Crippen LogP contribution in [0.5, 0.6) is 17.2 Å². The Bertz CT molecular complexity index is 1440. The number of ether oxygens (including phenoxy) is 1. The van der Waals surface area contributed by atoms with Crippen LogP contribution in [0.25, 0.3) is 0 Å². The second-order valence-corrected chi connectivity index (χ2v) is 9.49. The summed E-state index contributed by atoms with van der Waals surface area (Å²) < 4.78 is 44.9. The van der Waals surface area contributed by atoms with E-state index in [9.17, 15) is 27.9 Å². The first-order valence-electron chi connectivity index (χ1n) is 11.7. The Morgan fingerprint density at radius 2 is 2.00 bits per heavy atom. The molecule has 11 heteroatoms.